The van der Waals surface area contributed by atoms with Gasteiger partial charge in [-0.05, 0) is 38.5 Å². The first-order chi connectivity index (χ1) is 14.2. The summed E-state index contributed by atoms with van der Waals surface area (Å²) in [7, 11) is 0. The number of nitrogens with zero attached hydrogens (tertiary/aromatic N) is 1. The minimum Gasteiger partial charge on any atom is -0.479 e. The number of hydrogen-bond donors (Lipinski definition) is 3. The Kier molecular flexibility index (Phi) is 9.77. The van der Waals surface area contributed by atoms with Gasteiger partial charge in [0.05, 0.1) is 10.2 Å². The molecule has 0 aliphatic rings. The van der Waals surface area contributed by atoms with Crippen molar-refractivity contribution < 1.29 is 19.4 Å². The van der Waals surface area contributed by atoms with Gasteiger partial charge in [0.1, 0.15) is 5.60 Å². The maximum Gasteiger partial charge on any atom is 0.408 e. The molecular weight excluding hydrogens is 402 g/mol. The van der Waals surface area contributed by atoms with Gasteiger partial charge in [-0.15, -0.1) is 0 Å². The van der Waals surface area contributed by atoms with E-state index in [1.807, 2.05) is 38.1 Å². The van der Waals surface area contributed by atoms with Crippen LogP contribution < -0.4 is 11.1 Å². The maximum absolute atomic E-state index is 11.6. The molecule has 1 heterocycles. The number of aromatic nitrogens is 1. The Morgan fingerprint density at radius 1 is 1.07 bits per heavy atom. The van der Waals surface area contributed by atoms with Crippen LogP contribution in [0, 0.1) is 0 Å². The van der Waals surface area contributed by atoms with Crippen molar-refractivity contribution in [2.75, 3.05) is 5.73 Å². The van der Waals surface area contributed by atoms with Gasteiger partial charge in [0.15, 0.2) is 11.2 Å². The van der Waals surface area contributed by atoms with Crippen LogP contribution in [0.4, 0.5) is 9.93 Å². The van der Waals surface area contributed by atoms with E-state index in [4.69, 9.17) is 15.6 Å². The minimum absolute atomic E-state index is 0.496. The van der Waals surface area contributed by atoms with Crippen molar-refractivity contribution in [2.45, 2.75) is 46.3 Å². The van der Waals surface area contributed by atoms with Gasteiger partial charge in [0.2, 0.25) is 0 Å². The van der Waals surface area contributed by atoms with Crippen LogP contribution in [0.5, 0.6) is 0 Å². The molecule has 1 atom stereocenters. The minimum atomic E-state index is -1.13. The number of anilines is 1. The average molecular weight is 432 g/mol. The van der Waals surface area contributed by atoms with Crippen LogP contribution in [0.1, 0.15) is 46.2 Å². The molecule has 0 aliphatic carbocycles. The number of hydrogen-bond acceptors (Lipinski definition) is 6. The highest BCUT2D eigenvalue weighted by Gasteiger charge is 2.25. The maximum atomic E-state index is 11.6. The summed E-state index contributed by atoms with van der Waals surface area (Å²) in [4.78, 5) is 26.8. The van der Waals surface area contributed by atoms with Crippen molar-refractivity contribution in [1.82, 2.24) is 10.3 Å². The molecule has 0 bridgehead atoms. The van der Waals surface area contributed by atoms with Crippen LogP contribution >= 0.6 is 11.3 Å². The molecule has 1 aromatic heterocycles. The SMILES string of the molecule is CC.CC(C)(C)OC(=O)NC(C(=O)O)c1ccccc1.Nc1nc2ccccc2s1. The Balaban J connectivity index is 0.000000313. The third kappa shape index (κ3) is 8.48. The number of carboxylic acids is 1. The zero-order chi connectivity index (χ0) is 22.7. The first-order valence-electron chi connectivity index (χ1n) is 9.54. The number of nitrogen functional groups attached to an aromatic ring is 1. The number of aliphatic carboxylic acids is 1. The van der Waals surface area contributed by atoms with E-state index in [2.05, 4.69) is 10.3 Å². The molecule has 162 valence electrons. The topological polar surface area (TPSA) is 115 Å². The summed E-state index contributed by atoms with van der Waals surface area (Å²) in [5, 5.41) is 12.1. The van der Waals surface area contributed by atoms with Crippen LogP contribution in [0.3, 0.4) is 0 Å². The molecule has 0 spiro atoms. The number of carbonyl (C=O) groups is 2. The highest BCUT2D eigenvalue weighted by Crippen LogP contribution is 2.22. The number of nitrogens with two attached hydrogens (primary N) is 1. The lowest BCUT2D eigenvalue weighted by atomic mass is 10.1. The van der Waals surface area contributed by atoms with Crippen molar-refractivity contribution in [3.05, 3.63) is 60.2 Å². The van der Waals surface area contributed by atoms with Crippen molar-refractivity contribution in [2.24, 2.45) is 0 Å². The van der Waals surface area contributed by atoms with E-state index in [1.165, 1.54) is 11.3 Å². The normalized spacial score (nSPS) is 11.2. The van der Waals surface area contributed by atoms with E-state index in [9.17, 15) is 9.59 Å². The Bertz CT molecular complexity index is 903. The number of fused-ring (bicyclic) bond motifs is 1. The molecule has 0 aliphatic heterocycles. The van der Waals surface area contributed by atoms with E-state index < -0.39 is 23.7 Å². The summed E-state index contributed by atoms with van der Waals surface area (Å²) in [6.45, 7) is 9.14. The van der Waals surface area contributed by atoms with Gasteiger partial charge in [-0.3, -0.25) is 0 Å². The zero-order valence-corrected chi connectivity index (χ0v) is 18.7. The molecule has 3 aromatic rings. The van der Waals surface area contributed by atoms with Gasteiger partial charge in [-0.1, -0.05) is 67.6 Å². The smallest absolute Gasteiger partial charge is 0.408 e. The Morgan fingerprint density at radius 3 is 2.17 bits per heavy atom. The number of rotatable bonds is 3. The van der Waals surface area contributed by atoms with E-state index in [-0.39, 0.29) is 0 Å². The summed E-state index contributed by atoms with van der Waals surface area (Å²) in [6, 6.07) is 15.3. The molecule has 0 saturated heterocycles. The number of carbonyl (C=O) groups excluding carboxylic acids is 1. The second-order valence-electron chi connectivity index (χ2n) is 6.85. The second-order valence-corrected chi connectivity index (χ2v) is 7.91. The molecule has 0 saturated carbocycles. The first-order valence-corrected chi connectivity index (χ1v) is 10.4. The molecule has 4 N–H and O–H groups in total. The van der Waals surface area contributed by atoms with E-state index in [0.29, 0.717) is 10.7 Å². The highest BCUT2D eigenvalue weighted by molar-refractivity contribution is 7.22. The predicted octanol–water partition coefficient (Wildman–Crippen LogP) is 5.24. The summed E-state index contributed by atoms with van der Waals surface area (Å²) >= 11 is 1.52. The lowest BCUT2D eigenvalue weighted by Gasteiger charge is -2.22. The van der Waals surface area contributed by atoms with E-state index in [1.54, 1.807) is 51.1 Å². The van der Waals surface area contributed by atoms with Gasteiger partial charge in [-0.25, -0.2) is 14.6 Å². The summed E-state index contributed by atoms with van der Waals surface area (Å²) in [5.41, 5.74) is 6.32. The molecule has 3 rings (SSSR count). The number of ether oxygens (including phenoxy) is 1. The van der Waals surface area contributed by atoms with Crippen molar-refractivity contribution >= 4 is 38.7 Å². The number of amides is 1. The standard InChI is InChI=1S/C13H17NO4.C7H6N2S.C2H6/c1-13(2,3)18-12(17)14-10(11(15)16)9-7-5-4-6-8-9;8-7-9-5-3-1-2-4-6(5)10-7;1-2/h4-8,10H,1-3H3,(H,14,17)(H,15,16);1-4H,(H2,8,9);1-2H3. The monoisotopic (exact) mass is 431 g/mol. The van der Waals surface area contributed by atoms with Crippen LogP contribution in [-0.2, 0) is 9.53 Å². The third-order valence-corrected chi connectivity index (χ3v) is 4.22. The summed E-state index contributed by atoms with van der Waals surface area (Å²) < 4.78 is 6.18. The third-order valence-electron chi connectivity index (χ3n) is 3.35. The van der Waals surface area contributed by atoms with Gasteiger partial charge in [0.25, 0.3) is 0 Å². The molecule has 8 heteroatoms. The van der Waals surface area contributed by atoms with Crippen LogP contribution in [0.25, 0.3) is 10.2 Å². The Hall–Kier alpha value is -3.13. The van der Waals surface area contributed by atoms with Gasteiger partial charge >= 0.3 is 12.1 Å². The van der Waals surface area contributed by atoms with Gasteiger partial charge in [-0.2, -0.15) is 0 Å². The zero-order valence-electron chi connectivity index (χ0n) is 17.9. The van der Waals surface area contributed by atoms with Crippen LogP contribution in [0.2, 0.25) is 0 Å². The van der Waals surface area contributed by atoms with Gasteiger partial charge < -0.3 is 20.9 Å². The Labute approximate surface area is 180 Å². The van der Waals surface area contributed by atoms with Crippen LogP contribution in [-0.4, -0.2) is 27.8 Å². The number of para-hydroxylation sites is 1. The molecule has 2 aromatic carbocycles. The molecule has 7 nitrogen and oxygen atoms in total. The molecule has 30 heavy (non-hydrogen) atoms. The Morgan fingerprint density at radius 2 is 1.63 bits per heavy atom. The molecule has 0 radical (unpaired) electrons. The van der Waals surface area contributed by atoms with Crippen molar-refractivity contribution in [3.63, 3.8) is 0 Å². The quantitative estimate of drug-likeness (QED) is 0.522. The fourth-order valence-electron chi connectivity index (χ4n) is 2.25. The fourth-order valence-corrected chi connectivity index (χ4v) is 2.98. The number of alkyl carbamates (subject to hydrolysis) is 1. The van der Waals surface area contributed by atoms with Gasteiger partial charge in [0, 0.05) is 0 Å². The summed E-state index contributed by atoms with van der Waals surface area (Å²) in [5.74, 6) is -1.13. The van der Waals surface area contributed by atoms with Crippen molar-refractivity contribution in [1.29, 1.82) is 0 Å². The lowest BCUT2D eigenvalue weighted by molar-refractivity contribution is -0.139. The average Bonchev–Trinajstić information content (AvgIpc) is 3.07. The number of benzene rings is 2. The molecule has 1 unspecified atom stereocenters. The van der Waals surface area contributed by atoms with Crippen molar-refractivity contribution in [3.8, 4) is 0 Å². The number of carboxylic acid groups (broad SMARTS) is 1. The molecule has 0 fully saturated rings. The predicted molar refractivity (Wildman–Crippen MR) is 122 cm³/mol. The largest absolute Gasteiger partial charge is 0.479 e. The van der Waals surface area contributed by atoms with Crippen LogP contribution in [0.15, 0.2) is 54.6 Å². The van der Waals surface area contributed by atoms with E-state index in [0.717, 1.165) is 10.2 Å². The fraction of sp³-hybridized carbons (Fsp3) is 0.318. The number of thiazole rings is 1. The molecule has 1 amide bonds. The van der Waals surface area contributed by atoms with E-state index >= 15 is 0 Å². The molecular formula is C22H29N3O4S. The highest BCUT2D eigenvalue weighted by atomic mass is 32.1. The first kappa shape index (κ1) is 24.9. The number of nitrogens with one attached hydrogen (secondary N) is 1. The second kappa shape index (κ2) is 11.8. The lowest BCUT2D eigenvalue weighted by Crippen LogP contribution is -2.38. The summed E-state index contributed by atoms with van der Waals surface area (Å²) in [6.07, 6.45) is -0.751.